The number of nitrogens with zero attached hydrogens (tertiary/aromatic N) is 2. The van der Waals surface area contributed by atoms with E-state index in [0.29, 0.717) is 0 Å². The Morgan fingerprint density at radius 1 is 1.00 bits per heavy atom. The van der Waals surface area contributed by atoms with Crippen molar-refractivity contribution in [1.82, 2.24) is 0 Å². The Balaban J connectivity index is -0.0000000400. The van der Waals surface area contributed by atoms with E-state index in [2.05, 4.69) is 0 Å². The second-order valence-corrected chi connectivity index (χ2v) is 0.149. The van der Waals surface area contributed by atoms with Crippen molar-refractivity contribution in [2.45, 2.75) is 0 Å². The van der Waals surface area contributed by atoms with Crippen LogP contribution >= 0.6 is 0 Å². The molecule has 7 heavy (non-hydrogen) atoms. The zero-order valence-electron chi connectivity index (χ0n) is 3.23. The van der Waals surface area contributed by atoms with Crippen LogP contribution in [0, 0.1) is 20.2 Å². The zero-order valence-corrected chi connectivity index (χ0v) is 3.23. The Labute approximate surface area is 42.2 Å². The van der Waals surface area contributed by atoms with Crippen LogP contribution in [0.5, 0.6) is 0 Å². The molecule has 0 radical (unpaired) electrons. The summed E-state index contributed by atoms with van der Waals surface area (Å²) in [7, 11) is 0. The van der Waals surface area contributed by atoms with Gasteiger partial charge in [-0.15, -0.1) is 10.7 Å². The summed E-state index contributed by atoms with van der Waals surface area (Å²) in [6.45, 7) is 0. The van der Waals surface area contributed by atoms with Crippen LogP contribution in [-0.4, -0.2) is 10.1 Å². The molecule has 0 N–H and O–H groups in total. The van der Waals surface area contributed by atoms with E-state index in [1.54, 1.807) is 0 Å². The minimum Gasteiger partial charge on any atom is -0.444 e. The fourth-order valence-corrected chi connectivity index (χ4v) is 0. The molecule has 0 amide bonds. The summed E-state index contributed by atoms with van der Waals surface area (Å²) >= 11 is 0. The number of hydrogen-bond acceptors (Lipinski definition) is 6. The minimum absolute atomic E-state index is 0. The molecule has 0 aliphatic rings. The van der Waals surface area contributed by atoms with Crippen LogP contribution in [0.2, 0.25) is 0 Å². The van der Waals surface area contributed by atoms with Crippen LogP contribution in [0.25, 0.3) is 0 Å². The summed E-state index contributed by atoms with van der Waals surface area (Å²) < 4.78 is 0. The third-order valence-corrected chi connectivity index (χ3v) is 0. The van der Waals surface area contributed by atoms with E-state index < -0.39 is 0 Å². The van der Waals surface area contributed by atoms with Crippen LogP contribution in [0.1, 0.15) is 0 Å². The van der Waals surface area contributed by atoms with Gasteiger partial charge in [-0.2, -0.15) is 0 Å². The van der Waals surface area contributed by atoms with Gasteiger partial charge in [0.05, 0.1) is 0 Å². The van der Waals surface area contributed by atoms with Crippen molar-refractivity contribution >= 4 is 10.1 Å². The van der Waals surface area contributed by atoms with E-state index in [0.717, 1.165) is 10.7 Å². The Morgan fingerprint density at radius 2 is 1.00 bits per heavy atom. The predicted molar refractivity (Wildman–Crippen MR) is 24.1 cm³/mol. The number of hydrogen-bond donors (Lipinski definition) is 0. The molecule has 0 bridgehead atoms. The van der Waals surface area contributed by atoms with Crippen molar-refractivity contribution in [2.75, 3.05) is 0 Å². The summed E-state index contributed by atoms with van der Waals surface area (Å²) in [4.78, 5) is 16.0. The molecule has 0 heterocycles. The van der Waals surface area contributed by atoms with Gasteiger partial charge in [0.25, 0.3) is 0 Å². The van der Waals surface area contributed by atoms with Crippen LogP contribution < -0.4 is 0 Å². The largest absolute Gasteiger partial charge is 2.00 e. The first-order chi connectivity index (χ1) is 2.83. The molecule has 0 saturated heterocycles. The SMILES string of the molecule is O=N[O-].O=N[O-].[Be+2]. The molecule has 0 rings (SSSR count). The van der Waals surface area contributed by atoms with Gasteiger partial charge in [-0.25, -0.2) is 0 Å². The van der Waals surface area contributed by atoms with Crippen molar-refractivity contribution in [2.24, 2.45) is 10.7 Å². The van der Waals surface area contributed by atoms with Gasteiger partial charge in [0.2, 0.25) is 0 Å². The third kappa shape index (κ3) is 41.2. The standard InChI is InChI=1S/Be.2HNO2/c;2*2-1-3/h;2*(H,2,3)/q+2;;/p-2. The molecule has 36 valence electrons. The summed E-state index contributed by atoms with van der Waals surface area (Å²) in [6, 6.07) is 0. The van der Waals surface area contributed by atoms with Crippen molar-refractivity contribution in [1.29, 1.82) is 0 Å². The van der Waals surface area contributed by atoms with E-state index in [1.165, 1.54) is 0 Å². The molecular formula is BeN2O4. The van der Waals surface area contributed by atoms with E-state index >= 15 is 0 Å². The molecule has 0 aromatic carbocycles. The van der Waals surface area contributed by atoms with Gasteiger partial charge in [-0.3, -0.25) is 0 Å². The molecule has 7 heteroatoms. The molecule has 0 aromatic heterocycles. The van der Waals surface area contributed by atoms with Crippen molar-refractivity contribution in [3.63, 3.8) is 0 Å². The Morgan fingerprint density at radius 3 is 1.00 bits per heavy atom. The second kappa shape index (κ2) is 83.4. The first-order valence-corrected chi connectivity index (χ1v) is 0.730. The van der Waals surface area contributed by atoms with Crippen LogP contribution in [0.4, 0.5) is 0 Å². The molecule has 0 fully saturated rings. The molecule has 6 nitrogen and oxygen atoms in total. The maximum atomic E-state index is 8.00. The molecule has 0 spiro atoms. The van der Waals surface area contributed by atoms with Gasteiger partial charge in [-0.05, 0) is 0 Å². The molecule has 0 atom stereocenters. The van der Waals surface area contributed by atoms with Gasteiger partial charge in [0, 0.05) is 0 Å². The Hall–Kier alpha value is -1.03. The number of rotatable bonds is 0. The average molecular weight is 101 g/mol. The molecule has 0 unspecified atom stereocenters. The third-order valence-electron chi connectivity index (χ3n) is 0. The van der Waals surface area contributed by atoms with Crippen molar-refractivity contribution < 1.29 is 0 Å². The van der Waals surface area contributed by atoms with Gasteiger partial charge < -0.3 is 20.2 Å². The minimum atomic E-state index is 0. The quantitative estimate of drug-likeness (QED) is 0.245. The van der Waals surface area contributed by atoms with Gasteiger partial charge >= 0.3 is 10.1 Å². The Kier molecular flexibility index (Phi) is 199. The van der Waals surface area contributed by atoms with Crippen LogP contribution in [0.15, 0.2) is 10.7 Å². The summed E-state index contributed by atoms with van der Waals surface area (Å²) in [6.07, 6.45) is 0. The van der Waals surface area contributed by atoms with E-state index in [-0.39, 0.29) is 10.1 Å². The molecular weight excluding hydrogens is 101 g/mol. The van der Waals surface area contributed by atoms with Gasteiger partial charge in [-0.1, -0.05) is 0 Å². The van der Waals surface area contributed by atoms with Crippen LogP contribution in [0.3, 0.4) is 0 Å². The summed E-state index contributed by atoms with van der Waals surface area (Å²) in [5.74, 6) is 0. The summed E-state index contributed by atoms with van der Waals surface area (Å²) in [5, 5.41) is 18.0. The van der Waals surface area contributed by atoms with Gasteiger partial charge in [0.1, 0.15) is 0 Å². The maximum absolute atomic E-state index is 8.00. The van der Waals surface area contributed by atoms with E-state index in [9.17, 15) is 0 Å². The second-order valence-electron chi connectivity index (χ2n) is 0.149. The fraction of sp³-hybridized carbons (Fsp3) is 0. The Bertz CT molecular complexity index is 30.7. The normalized spacial score (nSPS) is 3.43. The monoisotopic (exact) mass is 101 g/mol. The zero-order chi connectivity index (χ0) is 5.41. The molecule has 0 aliphatic carbocycles. The van der Waals surface area contributed by atoms with Gasteiger partial charge in [0.15, 0.2) is 0 Å². The molecule has 0 saturated carbocycles. The smallest absolute Gasteiger partial charge is 0.444 e. The van der Waals surface area contributed by atoms with Crippen molar-refractivity contribution in [3.8, 4) is 0 Å². The first-order valence-electron chi connectivity index (χ1n) is 0.730. The van der Waals surface area contributed by atoms with E-state index in [1.807, 2.05) is 0 Å². The molecule has 0 aliphatic heterocycles. The van der Waals surface area contributed by atoms with E-state index in [4.69, 9.17) is 20.2 Å². The van der Waals surface area contributed by atoms with Crippen molar-refractivity contribution in [3.05, 3.63) is 20.2 Å². The fourth-order valence-electron chi connectivity index (χ4n) is 0. The predicted octanol–water partition coefficient (Wildman–Crippen LogP) is 0.120. The average Bonchev–Trinajstić information content (AvgIpc) is 1.39. The topological polar surface area (TPSA) is 105 Å². The molecule has 0 aromatic rings. The van der Waals surface area contributed by atoms with Crippen LogP contribution in [-0.2, 0) is 0 Å². The maximum Gasteiger partial charge on any atom is 2.00 e. The summed E-state index contributed by atoms with van der Waals surface area (Å²) in [5.41, 5.74) is 0. The first kappa shape index (κ1) is 16.7.